The van der Waals surface area contributed by atoms with Crippen LogP contribution in [0.4, 0.5) is 0 Å². The van der Waals surface area contributed by atoms with Gasteiger partial charge in [0.15, 0.2) is 0 Å². The second-order valence-corrected chi connectivity index (χ2v) is 6.96. The van der Waals surface area contributed by atoms with Crippen LogP contribution < -0.4 is 5.32 Å². The Morgan fingerprint density at radius 1 is 1.30 bits per heavy atom. The van der Waals surface area contributed by atoms with Crippen molar-refractivity contribution in [3.8, 4) is 0 Å². The molecule has 0 aliphatic heterocycles. The summed E-state index contributed by atoms with van der Waals surface area (Å²) >= 11 is 0. The van der Waals surface area contributed by atoms with E-state index in [0.717, 1.165) is 29.7 Å². The molecule has 0 saturated carbocycles. The van der Waals surface area contributed by atoms with Crippen LogP contribution in [0.3, 0.4) is 0 Å². The number of hydrogen-bond donors (Lipinski definition) is 1. The highest BCUT2D eigenvalue weighted by molar-refractivity contribution is 7.85. The van der Waals surface area contributed by atoms with Gasteiger partial charge < -0.3 is 9.73 Å². The van der Waals surface area contributed by atoms with Crippen LogP contribution in [0.1, 0.15) is 39.0 Å². The Morgan fingerprint density at radius 2 is 2.05 bits per heavy atom. The van der Waals surface area contributed by atoms with E-state index >= 15 is 0 Å². The van der Waals surface area contributed by atoms with Gasteiger partial charge in [0.05, 0.1) is 6.04 Å². The van der Waals surface area contributed by atoms with Crippen LogP contribution in [0.2, 0.25) is 0 Å². The summed E-state index contributed by atoms with van der Waals surface area (Å²) in [5.74, 6) is 1.48. The van der Waals surface area contributed by atoms with Crippen molar-refractivity contribution in [3.05, 3.63) is 36.1 Å². The van der Waals surface area contributed by atoms with Gasteiger partial charge in [-0.2, -0.15) is 0 Å². The Kier molecular flexibility index (Phi) is 5.38. The monoisotopic (exact) mass is 293 g/mol. The van der Waals surface area contributed by atoms with Gasteiger partial charge in [-0.05, 0) is 25.1 Å². The van der Waals surface area contributed by atoms with Crippen LogP contribution in [0.5, 0.6) is 0 Å². The summed E-state index contributed by atoms with van der Waals surface area (Å²) in [5, 5.41) is 4.70. The lowest BCUT2D eigenvalue weighted by Crippen LogP contribution is -2.28. The van der Waals surface area contributed by atoms with Crippen molar-refractivity contribution in [1.82, 2.24) is 5.32 Å². The third-order valence-electron chi connectivity index (χ3n) is 3.59. The molecule has 0 radical (unpaired) electrons. The molecular weight excluding hydrogens is 270 g/mol. The van der Waals surface area contributed by atoms with E-state index in [2.05, 4.69) is 25.2 Å². The Labute approximate surface area is 123 Å². The maximum absolute atomic E-state index is 12.3. The molecule has 110 valence electrons. The first-order valence-corrected chi connectivity index (χ1v) is 8.63. The second kappa shape index (κ2) is 7.04. The van der Waals surface area contributed by atoms with Gasteiger partial charge in [-0.1, -0.05) is 39.0 Å². The van der Waals surface area contributed by atoms with Gasteiger partial charge in [0.25, 0.3) is 0 Å². The number of fused-ring (bicyclic) bond motifs is 1. The molecule has 2 rings (SSSR count). The summed E-state index contributed by atoms with van der Waals surface area (Å²) in [6, 6.07) is 10.0. The Hall–Kier alpha value is -1.13. The van der Waals surface area contributed by atoms with E-state index in [-0.39, 0.29) is 11.3 Å². The molecule has 1 aromatic heterocycles. The van der Waals surface area contributed by atoms with Crippen LogP contribution >= 0.6 is 0 Å². The summed E-state index contributed by atoms with van der Waals surface area (Å²) < 4.78 is 18.2. The SMILES string of the molecule is CCNC(CS(=O)C(C)CC)c1cc2ccccc2o1. The third-order valence-corrected chi connectivity index (χ3v) is 5.49. The highest BCUT2D eigenvalue weighted by Crippen LogP contribution is 2.25. The minimum Gasteiger partial charge on any atom is -0.459 e. The van der Waals surface area contributed by atoms with E-state index in [1.807, 2.05) is 31.2 Å². The molecule has 20 heavy (non-hydrogen) atoms. The van der Waals surface area contributed by atoms with Crippen molar-refractivity contribution in [1.29, 1.82) is 0 Å². The average molecular weight is 293 g/mol. The molecular formula is C16H23NO2S. The predicted octanol–water partition coefficient (Wildman–Crippen LogP) is 3.63. The minimum atomic E-state index is -0.841. The van der Waals surface area contributed by atoms with Crippen molar-refractivity contribution in [3.63, 3.8) is 0 Å². The van der Waals surface area contributed by atoms with Crippen molar-refractivity contribution in [2.45, 2.75) is 38.5 Å². The summed E-state index contributed by atoms with van der Waals surface area (Å²) in [6.45, 7) is 7.00. The molecule has 3 nitrogen and oxygen atoms in total. The average Bonchev–Trinajstić information content (AvgIpc) is 2.89. The van der Waals surface area contributed by atoms with E-state index in [4.69, 9.17) is 4.42 Å². The molecule has 0 spiro atoms. The van der Waals surface area contributed by atoms with Crippen LogP contribution in [-0.4, -0.2) is 21.8 Å². The maximum atomic E-state index is 12.3. The quantitative estimate of drug-likeness (QED) is 0.847. The normalized spacial score (nSPS) is 16.1. The zero-order chi connectivity index (χ0) is 14.5. The van der Waals surface area contributed by atoms with Gasteiger partial charge in [0.1, 0.15) is 11.3 Å². The molecule has 3 unspecified atom stereocenters. The fourth-order valence-corrected chi connectivity index (χ4v) is 3.49. The van der Waals surface area contributed by atoms with E-state index < -0.39 is 10.8 Å². The Morgan fingerprint density at radius 3 is 2.70 bits per heavy atom. The molecule has 1 aromatic carbocycles. The maximum Gasteiger partial charge on any atom is 0.134 e. The molecule has 2 aromatic rings. The first-order chi connectivity index (χ1) is 9.65. The smallest absolute Gasteiger partial charge is 0.134 e. The third kappa shape index (κ3) is 3.49. The van der Waals surface area contributed by atoms with E-state index in [1.54, 1.807) is 0 Å². The molecule has 0 saturated heterocycles. The number of nitrogens with one attached hydrogen (secondary N) is 1. The fourth-order valence-electron chi connectivity index (χ4n) is 2.18. The first-order valence-electron chi connectivity index (χ1n) is 7.24. The lowest BCUT2D eigenvalue weighted by atomic mass is 10.2. The van der Waals surface area contributed by atoms with Gasteiger partial charge >= 0.3 is 0 Å². The number of rotatable bonds is 7. The number of hydrogen-bond acceptors (Lipinski definition) is 3. The highest BCUT2D eigenvalue weighted by Gasteiger charge is 2.20. The van der Waals surface area contributed by atoms with Crippen LogP contribution in [-0.2, 0) is 10.8 Å². The number of para-hydroxylation sites is 1. The molecule has 0 bridgehead atoms. The molecule has 4 heteroatoms. The zero-order valence-electron chi connectivity index (χ0n) is 12.4. The number of furan rings is 1. The Bertz CT molecular complexity index is 546. The summed E-state index contributed by atoms with van der Waals surface area (Å²) in [5.41, 5.74) is 0.889. The second-order valence-electron chi connectivity index (χ2n) is 5.06. The standard InChI is InChI=1S/C16H23NO2S/c1-4-12(3)20(18)11-14(17-5-2)16-10-13-8-6-7-9-15(13)19-16/h6-10,12,14,17H,4-5,11H2,1-3H3. The number of benzene rings is 1. The predicted molar refractivity (Wildman–Crippen MR) is 85.4 cm³/mol. The van der Waals surface area contributed by atoms with Crippen molar-refractivity contribution in [2.75, 3.05) is 12.3 Å². The molecule has 1 heterocycles. The van der Waals surface area contributed by atoms with E-state index in [9.17, 15) is 4.21 Å². The molecule has 0 aliphatic rings. The molecule has 0 fully saturated rings. The molecule has 3 atom stereocenters. The topological polar surface area (TPSA) is 42.2 Å². The summed E-state index contributed by atoms with van der Waals surface area (Å²) in [6.07, 6.45) is 0.936. The van der Waals surface area contributed by atoms with Gasteiger partial charge in [0, 0.05) is 27.2 Å². The minimum absolute atomic E-state index is 0.0160. The van der Waals surface area contributed by atoms with Crippen LogP contribution in [0.25, 0.3) is 11.0 Å². The van der Waals surface area contributed by atoms with Crippen molar-refractivity contribution < 1.29 is 8.63 Å². The highest BCUT2D eigenvalue weighted by atomic mass is 32.2. The van der Waals surface area contributed by atoms with Crippen molar-refractivity contribution >= 4 is 21.8 Å². The molecule has 1 N–H and O–H groups in total. The zero-order valence-corrected chi connectivity index (χ0v) is 13.2. The summed E-state index contributed by atoms with van der Waals surface area (Å²) in [4.78, 5) is 0. The first kappa shape index (κ1) is 15.3. The van der Waals surface area contributed by atoms with E-state index in [1.165, 1.54) is 0 Å². The molecule has 0 aliphatic carbocycles. The van der Waals surface area contributed by atoms with Gasteiger partial charge in [-0.15, -0.1) is 0 Å². The molecule has 0 amide bonds. The van der Waals surface area contributed by atoms with Gasteiger partial charge in [0.2, 0.25) is 0 Å². The van der Waals surface area contributed by atoms with Crippen molar-refractivity contribution in [2.24, 2.45) is 0 Å². The van der Waals surface area contributed by atoms with Gasteiger partial charge in [-0.25, -0.2) is 0 Å². The lowest BCUT2D eigenvalue weighted by Gasteiger charge is -2.17. The van der Waals surface area contributed by atoms with Gasteiger partial charge in [-0.3, -0.25) is 4.21 Å². The van der Waals surface area contributed by atoms with Crippen LogP contribution in [0, 0.1) is 0 Å². The summed E-state index contributed by atoms with van der Waals surface area (Å²) in [7, 11) is -0.841. The van der Waals surface area contributed by atoms with E-state index in [0.29, 0.717) is 5.75 Å². The largest absolute Gasteiger partial charge is 0.459 e. The lowest BCUT2D eigenvalue weighted by molar-refractivity contribution is 0.460. The fraction of sp³-hybridized carbons (Fsp3) is 0.500. The Balaban J connectivity index is 2.21. The van der Waals surface area contributed by atoms with Crippen LogP contribution in [0.15, 0.2) is 34.7 Å².